The number of fused-ring (bicyclic) bond motifs is 20. The van der Waals surface area contributed by atoms with Crippen LogP contribution in [0.15, 0.2) is 243 Å². The van der Waals surface area contributed by atoms with Crippen molar-refractivity contribution in [2.45, 2.75) is 75.9 Å². The second-order valence-corrected chi connectivity index (χ2v) is 32.7. The molecule has 0 N–H and O–H groups in total. The monoisotopic (exact) mass is 1470 g/mol. The first-order valence-corrected chi connectivity index (χ1v) is 39.1. The fourth-order valence-corrected chi connectivity index (χ4v) is 21.6. The number of thiophene rings is 4. The topological polar surface area (TPSA) is 28.4 Å². The van der Waals surface area contributed by atoms with Gasteiger partial charge in [0.05, 0.1) is 22.3 Å². The van der Waals surface area contributed by atoms with Crippen LogP contribution in [0.1, 0.15) is 77.6 Å². The maximum Gasteiger partial charge on any atom is 0.230 e. The highest BCUT2D eigenvalue weighted by Gasteiger charge is 2.29. The van der Waals surface area contributed by atoms with E-state index in [-0.39, 0.29) is 11.1 Å². The molecule has 20 rings (SSSR count). The predicted octanol–water partition coefficient (Wildman–Crippen LogP) is 25.6. The number of aryl methyl sites for hydroxylation is 15. The van der Waals surface area contributed by atoms with Crippen molar-refractivity contribution in [3.05, 3.63) is 305 Å². The van der Waals surface area contributed by atoms with Gasteiger partial charge in [0.25, 0.3) is 0 Å². The molecule has 0 aliphatic rings. The van der Waals surface area contributed by atoms with Crippen LogP contribution in [0.3, 0.4) is 0 Å². The van der Waals surface area contributed by atoms with E-state index in [0.29, 0.717) is 16.5 Å². The van der Waals surface area contributed by atoms with E-state index in [2.05, 4.69) is 203 Å². The Kier molecular flexibility index (Phi) is 14.5. The fraction of sp³-hybridized carbons (Fsp3) is 0.153. The van der Waals surface area contributed by atoms with Crippen molar-refractivity contribution in [1.29, 1.82) is 0 Å². The molecule has 0 atom stereocenters. The minimum absolute atomic E-state index is 0.282. The van der Waals surface area contributed by atoms with Crippen LogP contribution in [0.2, 0.25) is 0 Å². The number of aromatic nitrogens is 5. The smallest absolute Gasteiger partial charge is 0.230 e. The van der Waals surface area contributed by atoms with Crippen LogP contribution < -0.4 is 18.3 Å². The molecule has 0 unspecified atom stereocenters. The third-order valence-corrected chi connectivity index (χ3v) is 25.8. The molecule has 9 aromatic heterocycles. The molecule has 0 saturated heterocycles. The molecule has 0 aliphatic heterocycles. The molecular formula is C98H85N5S4+4. The first-order chi connectivity index (χ1) is 56.6. The third kappa shape index (κ3) is 12.0. The zero-order valence-corrected chi connectivity index (χ0v) is 64.7. The lowest BCUT2D eigenvalue weighted by molar-refractivity contribution is -0.659. The van der Waals surface area contributed by atoms with Crippen LogP contribution in [0.25, 0.3) is 169 Å². The summed E-state index contributed by atoms with van der Waals surface area (Å²) < 4.78 is 112. The number of hydrogen-bond donors (Lipinski definition) is 0. The van der Waals surface area contributed by atoms with Gasteiger partial charge in [0, 0.05) is 108 Å². The Hall–Kier alpha value is -10.9. The van der Waals surface area contributed by atoms with E-state index in [4.69, 9.17) is 16.4 Å². The zero-order chi connectivity index (χ0) is 84.0. The van der Waals surface area contributed by atoms with E-state index >= 15 is 0 Å². The highest BCUT2D eigenvalue weighted by Crippen LogP contribution is 2.48. The minimum atomic E-state index is -2.31. The Morgan fingerprint density at radius 3 is 1.24 bits per heavy atom. The van der Waals surface area contributed by atoms with Gasteiger partial charge in [0.1, 0.15) is 51.8 Å². The summed E-state index contributed by atoms with van der Waals surface area (Å²) in [5.74, 6) is 0. The van der Waals surface area contributed by atoms with E-state index in [1.54, 1.807) is 48.0 Å². The van der Waals surface area contributed by atoms with Gasteiger partial charge < -0.3 is 0 Å². The van der Waals surface area contributed by atoms with E-state index in [1.807, 2.05) is 127 Å². The van der Waals surface area contributed by atoms with Crippen LogP contribution in [0, 0.1) is 75.9 Å². The van der Waals surface area contributed by atoms with Gasteiger partial charge in [0.15, 0.2) is 24.8 Å². The second kappa shape index (κ2) is 27.5. The Balaban J connectivity index is 0.000000114. The quantitative estimate of drug-likeness (QED) is 0.161. The normalized spacial score (nSPS) is 13.8. The molecule has 0 radical (unpaired) electrons. The molecule has 0 bridgehead atoms. The van der Waals surface area contributed by atoms with Crippen molar-refractivity contribution >= 4 is 169 Å². The largest absolute Gasteiger partial charge is 0.245 e. The number of hydrogen-bond acceptors (Lipinski definition) is 5. The van der Waals surface area contributed by atoms with Crippen molar-refractivity contribution in [3.63, 3.8) is 0 Å². The summed E-state index contributed by atoms with van der Waals surface area (Å²) >= 11 is 6.87. The summed E-state index contributed by atoms with van der Waals surface area (Å²) in [6, 6.07) is 72.6. The number of nitrogens with zero attached hydrogens (tertiary/aromatic N) is 5. The molecule has 0 saturated carbocycles. The van der Waals surface area contributed by atoms with Gasteiger partial charge in [0.2, 0.25) is 22.8 Å². The van der Waals surface area contributed by atoms with Crippen LogP contribution >= 0.6 is 45.3 Å². The van der Waals surface area contributed by atoms with Gasteiger partial charge in [-0.3, -0.25) is 0 Å². The van der Waals surface area contributed by atoms with Gasteiger partial charge in [-0.05, 0) is 178 Å². The van der Waals surface area contributed by atoms with Crippen molar-refractivity contribution in [1.82, 2.24) is 4.98 Å². The number of benzene rings is 11. The standard InChI is InChI=1S/2C25H22NS.C24H21N2S.C24H20NS/c2*1-15-9-11-19(16(2)13-15)24-25-22(17(3)14-26(24)4)23-20-8-6-5-7-18(20)10-12-21(23)27-25;1-14-9-10-18(15(2)11-14)22-23-20(16(3)13-26(22)4)21-19-8-6-5-7-17(19)12-25-24(21)27-23;1-15-8-10-19-17(14-15)9-11-21-22(19)20-12-13-25(3)23(24(20)26-21)18-7-5-4-6-16(18)2/h2*5-14H,1-4H3;5-13H,1-4H3;4-14H,1-3H3/q4*+1/i1D3,3D3;;1D3,3D3;. The van der Waals surface area contributed by atoms with E-state index in [9.17, 15) is 0 Å². The Labute approximate surface area is 658 Å². The summed E-state index contributed by atoms with van der Waals surface area (Å²) in [6.45, 7) is 5.80. The SMILES string of the molecule is Cc1ccc(-c2c3sc4ccc5ccccc5c4c3c(C)c[n+]2C)c(C)c1.Cc1ccc2c(ccc3sc4c(-c5ccccc5C)[n+](C)ccc4c32)c1.[2H]C([2H])([2H])c1ccc(-c2c3sc4ccc5ccccc5c4c3c(C([2H])([2H])[2H])c[n+]2C)c(C)c1.[2H]C([2H])([2H])c1ccc(-c2c3sc4ncc5ccccc5c4c3c(C([2H])([2H])[2H])c[n+]2C)c(C)c1. The van der Waals surface area contributed by atoms with Crippen LogP contribution in [-0.2, 0) is 28.2 Å². The molecule has 5 nitrogen and oxygen atoms in total. The number of rotatable bonds is 4. The predicted molar refractivity (Wildman–Crippen MR) is 464 cm³/mol. The van der Waals surface area contributed by atoms with Crippen molar-refractivity contribution in [2.75, 3.05) is 0 Å². The molecule has 9 heterocycles. The average molecular weight is 1470 g/mol. The highest BCUT2D eigenvalue weighted by atomic mass is 32.1. The molecule has 0 amide bonds. The first kappa shape index (κ1) is 56.4. The Bertz CT molecular complexity index is 7350. The Morgan fingerprint density at radius 2 is 0.692 bits per heavy atom. The van der Waals surface area contributed by atoms with Crippen molar-refractivity contribution in [2.24, 2.45) is 28.2 Å². The van der Waals surface area contributed by atoms with Gasteiger partial charge in [-0.1, -0.05) is 186 Å². The minimum Gasteiger partial charge on any atom is -0.245 e. The Morgan fingerprint density at radius 1 is 0.280 bits per heavy atom. The van der Waals surface area contributed by atoms with Gasteiger partial charge in [-0.25, -0.2) is 4.98 Å². The van der Waals surface area contributed by atoms with Crippen LogP contribution in [0.5, 0.6) is 0 Å². The second-order valence-electron chi connectivity index (χ2n) is 28.5. The fourth-order valence-electron chi connectivity index (χ4n) is 16.3. The average Bonchev–Trinajstić information content (AvgIpc) is 1.60. The molecule has 0 aliphatic carbocycles. The van der Waals surface area contributed by atoms with Crippen LogP contribution in [-0.4, -0.2) is 4.98 Å². The summed E-state index contributed by atoms with van der Waals surface area (Å²) in [7, 11) is 8.00. The maximum atomic E-state index is 8.25. The first-order valence-electron chi connectivity index (χ1n) is 41.9. The number of pyridine rings is 5. The molecular weight excluding hydrogens is 1380 g/mol. The summed E-state index contributed by atoms with van der Waals surface area (Å²) in [6.07, 6.45) is 9.68. The van der Waals surface area contributed by atoms with E-state index < -0.39 is 27.4 Å². The lowest BCUT2D eigenvalue weighted by Crippen LogP contribution is -2.31. The molecule has 11 aromatic carbocycles. The summed E-state index contributed by atoms with van der Waals surface area (Å²) in [5.41, 5.74) is 18.2. The van der Waals surface area contributed by atoms with Gasteiger partial charge >= 0.3 is 0 Å². The van der Waals surface area contributed by atoms with Crippen molar-refractivity contribution < 1.29 is 34.7 Å². The van der Waals surface area contributed by atoms with Gasteiger partial charge in [-0.15, -0.1) is 45.3 Å². The molecule has 20 aromatic rings. The molecule has 107 heavy (non-hydrogen) atoms. The summed E-state index contributed by atoms with van der Waals surface area (Å²) in [5, 5.41) is 18.1. The van der Waals surface area contributed by atoms with Gasteiger partial charge in [-0.2, -0.15) is 18.3 Å². The summed E-state index contributed by atoms with van der Waals surface area (Å²) in [4.78, 5) is 5.43. The molecule has 0 spiro atoms. The highest BCUT2D eigenvalue weighted by molar-refractivity contribution is 7.27. The van der Waals surface area contributed by atoms with Crippen molar-refractivity contribution in [3.8, 4) is 45.0 Å². The van der Waals surface area contributed by atoms with E-state index in [0.717, 1.165) is 90.3 Å². The molecule has 9 heteroatoms. The zero-order valence-electron chi connectivity index (χ0n) is 73.5. The maximum absolute atomic E-state index is 8.25. The van der Waals surface area contributed by atoms with Crippen LogP contribution in [0.4, 0.5) is 0 Å². The lowest BCUT2D eigenvalue weighted by Gasteiger charge is -2.08. The lowest BCUT2D eigenvalue weighted by atomic mass is 9.98. The third-order valence-electron chi connectivity index (χ3n) is 21.2. The van der Waals surface area contributed by atoms with E-state index in [1.165, 1.54) is 124 Å². The molecule has 0 fully saturated rings. The molecule has 522 valence electrons.